The standard InChI is InChI=1S/C20H38N4O/c1-2-21-18(22-15-19(17-25)11-12-19)23-16-20(9-5-3-6-10-20)24-13-7-4-8-14-24/h25H,2-17H2,1H3,(H2,21,22,23). The van der Waals surface area contributed by atoms with Gasteiger partial charge in [0, 0.05) is 24.0 Å². The van der Waals surface area contributed by atoms with E-state index in [-0.39, 0.29) is 12.0 Å². The van der Waals surface area contributed by atoms with Crippen LogP contribution in [0.25, 0.3) is 0 Å². The first-order valence-electron chi connectivity index (χ1n) is 10.6. The molecule has 3 rings (SSSR count). The van der Waals surface area contributed by atoms with Gasteiger partial charge in [0.05, 0.1) is 13.2 Å². The first kappa shape index (κ1) is 19.0. The van der Waals surface area contributed by atoms with E-state index in [0.717, 1.165) is 38.4 Å². The van der Waals surface area contributed by atoms with Crippen LogP contribution in [0.2, 0.25) is 0 Å². The highest BCUT2D eigenvalue weighted by Crippen LogP contribution is 2.45. The van der Waals surface area contributed by atoms with Gasteiger partial charge >= 0.3 is 0 Å². The van der Waals surface area contributed by atoms with Gasteiger partial charge in [0.15, 0.2) is 5.96 Å². The fourth-order valence-corrected chi connectivity index (χ4v) is 4.56. The van der Waals surface area contributed by atoms with Gasteiger partial charge in [0.2, 0.25) is 0 Å². The number of hydrogen-bond acceptors (Lipinski definition) is 3. The third-order valence-electron chi connectivity index (χ3n) is 6.61. The van der Waals surface area contributed by atoms with Crippen molar-refractivity contribution < 1.29 is 5.11 Å². The molecule has 1 heterocycles. The zero-order valence-electron chi connectivity index (χ0n) is 16.2. The Balaban J connectivity index is 1.62. The number of likely N-dealkylation sites (tertiary alicyclic amines) is 1. The van der Waals surface area contributed by atoms with Crippen LogP contribution in [0, 0.1) is 5.41 Å². The SMILES string of the molecule is CCNC(=NCC1(CO)CC1)NCC1(N2CCCCC2)CCCCC1. The van der Waals surface area contributed by atoms with Gasteiger partial charge in [-0.1, -0.05) is 25.7 Å². The van der Waals surface area contributed by atoms with Gasteiger partial charge in [-0.25, -0.2) is 0 Å². The Morgan fingerprint density at radius 1 is 0.960 bits per heavy atom. The summed E-state index contributed by atoms with van der Waals surface area (Å²) in [5.74, 6) is 0.934. The number of aliphatic imine (C=N–C) groups is 1. The molecule has 0 atom stereocenters. The first-order valence-corrected chi connectivity index (χ1v) is 10.6. The molecule has 0 radical (unpaired) electrons. The molecule has 3 N–H and O–H groups in total. The largest absolute Gasteiger partial charge is 0.396 e. The summed E-state index contributed by atoms with van der Waals surface area (Å²) >= 11 is 0. The molecule has 2 saturated carbocycles. The van der Waals surface area contributed by atoms with Crippen LogP contribution in [0.1, 0.15) is 71.1 Å². The number of hydrogen-bond donors (Lipinski definition) is 3. The molecule has 5 nitrogen and oxygen atoms in total. The van der Waals surface area contributed by atoms with E-state index in [1.807, 2.05) is 0 Å². The predicted octanol–water partition coefficient (Wildman–Crippen LogP) is 2.50. The lowest BCUT2D eigenvalue weighted by atomic mass is 9.79. The van der Waals surface area contributed by atoms with Gasteiger partial charge in [0.1, 0.15) is 0 Å². The third kappa shape index (κ3) is 4.88. The van der Waals surface area contributed by atoms with E-state index in [4.69, 9.17) is 4.99 Å². The van der Waals surface area contributed by atoms with Crippen molar-refractivity contribution in [2.45, 2.75) is 76.7 Å². The van der Waals surface area contributed by atoms with Gasteiger partial charge in [-0.3, -0.25) is 9.89 Å². The van der Waals surface area contributed by atoms with E-state index in [9.17, 15) is 5.11 Å². The molecule has 0 amide bonds. The van der Waals surface area contributed by atoms with Crippen LogP contribution in [0.4, 0.5) is 0 Å². The van der Waals surface area contributed by atoms with Crippen molar-refractivity contribution in [2.24, 2.45) is 10.4 Å². The van der Waals surface area contributed by atoms with Crippen LogP contribution in [-0.2, 0) is 0 Å². The normalized spacial score (nSPS) is 26.2. The van der Waals surface area contributed by atoms with Crippen molar-refractivity contribution in [3.8, 4) is 0 Å². The van der Waals surface area contributed by atoms with E-state index in [0.29, 0.717) is 5.54 Å². The number of rotatable bonds is 7. The Morgan fingerprint density at radius 2 is 1.64 bits per heavy atom. The molecule has 0 unspecified atom stereocenters. The lowest BCUT2D eigenvalue weighted by molar-refractivity contribution is 0.0368. The summed E-state index contributed by atoms with van der Waals surface area (Å²) in [4.78, 5) is 7.58. The highest BCUT2D eigenvalue weighted by atomic mass is 16.3. The molecule has 0 aromatic rings. The van der Waals surface area contributed by atoms with Crippen molar-refractivity contribution in [1.82, 2.24) is 15.5 Å². The van der Waals surface area contributed by atoms with Crippen molar-refractivity contribution in [1.29, 1.82) is 0 Å². The molecule has 3 fully saturated rings. The van der Waals surface area contributed by atoms with Gasteiger partial charge < -0.3 is 15.7 Å². The van der Waals surface area contributed by atoms with Crippen LogP contribution >= 0.6 is 0 Å². The molecule has 0 bridgehead atoms. The van der Waals surface area contributed by atoms with E-state index in [2.05, 4.69) is 22.5 Å². The molecule has 0 aromatic carbocycles. The van der Waals surface area contributed by atoms with Crippen LogP contribution in [0.3, 0.4) is 0 Å². The van der Waals surface area contributed by atoms with E-state index in [1.165, 1.54) is 64.5 Å². The predicted molar refractivity (Wildman–Crippen MR) is 104 cm³/mol. The third-order valence-corrected chi connectivity index (χ3v) is 6.61. The Hall–Kier alpha value is -0.810. The van der Waals surface area contributed by atoms with Crippen molar-refractivity contribution in [2.75, 3.05) is 39.3 Å². The quantitative estimate of drug-likeness (QED) is 0.488. The maximum Gasteiger partial charge on any atom is 0.191 e. The molecule has 1 saturated heterocycles. The minimum atomic E-state index is 0.0811. The lowest BCUT2D eigenvalue weighted by Gasteiger charge is -2.48. The zero-order valence-corrected chi connectivity index (χ0v) is 16.2. The molecule has 25 heavy (non-hydrogen) atoms. The van der Waals surface area contributed by atoms with Crippen molar-refractivity contribution in [3.05, 3.63) is 0 Å². The highest BCUT2D eigenvalue weighted by molar-refractivity contribution is 5.79. The van der Waals surface area contributed by atoms with Crippen LogP contribution in [0.15, 0.2) is 4.99 Å². The number of aliphatic hydroxyl groups is 1. The summed E-state index contributed by atoms with van der Waals surface area (Å²) in [6.45, 7) is 7.56. The maximum absolute atomic E-state index is 9.53. The number of nitrogens with one attached hydrogen (secondary N) is 2. The number of nitrogens with zero attached hydrogens (tertiary/aromatic N) is 2. The second kappa shape index (κ2) is 8.72. The van der Waals surface area contributed by atoms with Gasteiger partial charge in [-0.15, -0.1) is 0 Å². The monoisotopic (exact) mass is 350 g/mol. The summed E-state index contributed by atoms with van der Waals surface area (Å²) in [5, 5.41) is 16.6. The minimum absolute atomic E-state index is 0.0811. The van der Waals surface area contributed by atoms with E-state index < -0.39 is 0 Å². The van der Waals surface area contributed by atoms with Gasteiger partial charge in [-0.05, 0) is 58.5 Å². The molecule has 2 aliphatic carbocycles. The maximum atomic E-state index is 9.53. The molecule has 0 aromatic heterocycles. The van der Waals surface area contributed by atoms with Crippen LogP contribution < -0.4 is 10.6 Å². The summed E-state index contributed by atoms with van der Waals surface area (Å²) in [7, 11) is 0. The van der Waals surface area contributed by atoms with Crippen molar-refractivity contribution in [3.63, 3.8) is 0 Å². The van der Waals surface area contributed by atoms with Crippen LogP contribution in [-0.4, -0.2) is 60.8 Å². The molecular formula is C20H38N4O. The number of piperidine rings is 1. The average Bonchev–Trinajstić information content (AvgIpc) is 3.46. The highest BCUT2D eigenvalue weighted by Gasteiger charge is 2.42. The Bertz CT molecular complexity index is 435. The smallest absolute Gasteiger partial charge is 0.191 e. The topological polar surface area (TPSA) is 59.9 Å². The Kier molecular flexibility index (Phi) is 6.61. The minimum Gasteiger partial charge on any atom is -0.396 e. The van der Waals surface area contributed by atoms with Crippen molar-refractivity contribution >= 4 is 5.96 Å². The van der Waals surface area contributed by atoms with Gasteiger partial charge in [-0.2, -0.15) is 0 Å². The van der Waals surface area contributed by atoms with E-state index >= 15 is 0 Å². The fraction of sp³-hybridized carbons (Fsp3) is 0.950. The van der Waals surface area contributed by atoms with Crippen LogP contribution in [0.5, 0.6) is 0 Å². The summed E-state index contributed by atoms with van der Waals surface area (Å²) < 4.78 is 0. The molecule has 1 aliphatic heterocycles. The molecule has 5 heteroatoms. The number of guanidine groups is 1. The molecular weight excluding hydrogens is 312 g/mol. The second-order valence-electron chi connectivity index (χ2n) is 8.54. The number of aliphatic hydroxyl groups excluding tert-OH is 1. The fourth-order valence-electron chi connectivity index (χ4n) is 4.56. The zero-order chi connectivity index (χ0) is 17.6. The first-order chi connectivity index (χ1) is 12.2. The Morgan fingerprint density at radius 3 is 2.24 bits per heavy atom. The second-order valence-corrected chi connectivity index (χ2v) is 8.54. The summed E-state index contributed by atoms with van der Waals surface area (Å²) in [5.41, 5.74) is 0.404. The average molecular weight is 351 g/mol. The lowest BCUT2D eigenvalue weighted by Crippen LogP contribution is -2.59. The molecule has 144 valence electrons. The summed E-state index contributed by atoms with van der Waals surface area (Å²) in [6, 6.07) is 0. The summed E-state index contributed by atoms with van der Waals surface area (Å²) in [6.07, 6.45) is 13.1. The Labute approximate surface area is 153 Å². The molecule has 0 spiro atoms. The molecule has 3 aliphatic rings. The van der Waals surface area contributed by atoms with Gasteiger partial charge in [0.25, 0.3) is 0 Å². The van der Waals surface area contributed by atoms with E-state index in [1.54, 1.807) is 0 Å².